The van der Waals surface area contributed by atoms with Crippen LogP contribution in [0.3, 0.4) is 0 Å². The molecule has 0 unspecified atom stereocenters. The molecular weight excluding hydrogens is 423 g/mol. The maximum Gasteiger partial charge on any atom is 0.417 e. The van der Waals surface area contributed by atoms with E-state index in [1.807, 2.05) is 4.90 Å². The second-order valence-electron chi connectivity index (χ2n) is 5.76. The van der Waals surface area contributed by atoms with Crippen molar-refractivity contribution in [2.75, 3.05) is 29.5 Å². The largest absolute Gasteiger partial charge is 0.417 e. The molecule has 1 aromatic carbocycles. The Bertz CT molecular complexity index is 936. The van der Waals surface area contributed by atoms with E-state index in [-0.39, 0.29) is 4.90 Å². The average Bonchev–Trinajstić information content (AvgIpc) is 2.62. The van der Waals surface area contributed by atoms with Crippen molar-refractivity contribution in [3.8, 4) is 0 Å². The highest BCUT2D eigenvalue weighted by atomic mass is 35.5. The molecule has 0 spiro atoms. The van der Waals surface area contributed by atoms with Gasteiger partial charge >= 0.3 is 6.18 Å². The summed E-state index contributed by atoms with van der Waals surface area (Å²) in [4.78, 5) is 5.79. The Labute approximate surface area is 162 Å². The minimum absolute atomic E-state index is 0.0891. The third-order valence-corrected chi connectivity index (χ3v) is 7.96. The molecule has 1 aliphatic rings. The van der Waals surface area contributed by atoms with Gasteiger partial charge in [0, 0.05) is 35.8 Å². The highest BCUT2D eigenvalue weighted by Gasteiger charge is 2.31. The lowest BCUT2D eigenvalue weighted by Gasteiger charge is -2.29. The zero-order valence-electron chi connectivity index (χ0n) is 13.9. The van der Waals surface area contributed by atoms with E-state index in [9.17, 15) is 21.6 Å². The number of pyridine rings is 1. The molecule has 0 radical (unpaired) electrons. The van der Waals surface area contributed by atoms with Crippen LogP contribution in [0.15, 0.2) is 51.3 Å². The number of aromatic nitrogens is 1. The van der Waals surface area contributed by atoms with Gasteiger partial charge in [0.05, 0.1) is 10.5 Å². The molecule has 3 rings (SSSR count). The Morgan fingerprint density at radius 1 is 1.07 bits per heavy atom. The van der Waals surface area contributed by atoms with Gasteiger partial charge < -0.3 is 4.90 Å². The molecule has 2 aromatic rings. The number of benzene rings is 1. The van der Waals surface area contributed by atoms with Crippen LogP contribution in [0.1, 0.15) is 5.56 Å². The number of alkyl halides is 3. The predicted molar refractivity (Wildman–Crippen MR) is 99.6 cm³/mol. The highest BCUT2D eigenvalue weighted by Crippen LogP contribution is 2.29. The molecular formula is C16H15ClF3N3O2S2. The van der Waals surface area contributed by atoms with Crippen LogP contribution in [0.4, 0.5) is 19.0 Å². The Morgan fingerprint density at radius 2 is 1.70 bits per heavy atom. The summed E-state index contributed by atoms with van der Waals surface area (Å²) < 4.78 is 66.5. The van der Waals surface area contributed by atoms with Crippen molar-refractivity contribution in [1.82, 2.24) is 4.98 Å². The summed E-state index contributed by atoms with van der Waals surface area (Å²) in [6.45, 7) is 0.947. The Hall–Kier alpha value is -1.65. The number of hydrogen-bond donors (Lipinski definition) is 0. The average molecular weight is 438 g/mol. The SMILES string of the molecule is O=S(=O)(N=S1CCN(c2ccc(C(F)(F)F)cn2)CC1)c1ccc(Cl)cc1. The van der Waals surface area contributed by atoms with Crippen LogP contribution in [0, 0.1) is 0 Å². The van der Waals surface area contributed by atoms with Crippen molar-refractivity contribution in [2.24, 2.45) is 3.77 Å². The predicted octanol–water partition coefficient (Wildman–Crippen LogP) is 3.76. The molecule has 1 aliphatic heterocycles. The van der Waals surface area contributed by atoms with Gasteiger partial charge in [-0.25, -0.2) is 4.98 Å². The van der Waals surface area contributed by atoms with E-state index in [1.165, 1.54) is 30.3 Å². The topological polar surface area (TPSA) is 62.6 Å². The minimum atomic E-state index is -4.42. The van der Waals surface area contributed by atoms with E-state index in [2.05, 4.69) is 8.75 Å². The molecule has 0 bridgehead atoms. The number of halogens is 4. The Kier molecular flexibility index (Phi) is 5.78. The second-order valence-corrected chi connectivity index (χ2v) is 9.96. The lowest BCUT2D eigenvalue weighted by Crippen LogP contribution is -2.38. The first kappa shape index (κ1) is 20.1. The molecule has 0 saturated carbocycles. The standard InChI is InChI=1S/C16H15ClF3N3O2S2/c17-13-2-4-14(5-3-13)27(24,25)22-26-9-7-23(8-10-26)15-6-1-12(11-21-15)16(18,19)20/h1-6,11H,7-10H2. The first-order valence-corrected chi connectivity index (χ1v) is 11.2. The van der Waals surface area contributed by atoms with Crippen molar-refractivity contribution in [2.45, 2.75) is 11.1 Å². The molecule has 27 heavy (non-hydrogen) atoms. The summed E-state index contributed by atoms with van der Waals surface area (Å²) in [6, 6.07) is 8.12. The third kappa shape index (κ3) is 4.99. The van der Waals surface area contributed by atoms with E-state index >= 15 is 0 Å². The molecule has 2 heterocycles. The van der Waals surface area contributed by atoms with Crippen LogP contribution in [0.5, 0.6) is 0 Å². The molecule has 5 nitrogen and oxygen atoms in total. The molecule has 0 amide bonds. The fourth-order valence-corrected chi connectivity index (χ4v) is 6.20. The molecule has 146 valence electrons. The summed E-state index contributed by atoms with van der Waals surface area (Å²) in [6.07, 6.45) is -3.62. The first-order valence-electron chi connectivity index (χ1n) is 7.84. The van der Waals surface area contributed by atoms with Gasteiger partial charge in [-0.3, -0.25) is 0 Å². The van der Waals surface area contributed by atoms with E-state index < -0.39 is 32.5 Å². The van der Waals surface area contributed by atoms with Gasteiger partial charge in [-0.2, -0.15) is 21.6 Å². The number of hydrogen-bond acceptors (Lipinski definition) is 4. The quantitative estimate of drug-likeness (QED) is 0.733. The van der Waals surface area contributed by atoms with Crippen molar-refractivity contribution in [1.29, 1.82) is 0 Å². The summed E-state index contributed by atoms with van der Waals surface area (Å²) in [5.41, 5.74) is -0.799. The number of sulfonamides is 1. The van der Waals surface area contributed by atoms with E-state index in [1.54, 1.807) is 0 Å². The molecule has 0 aliphatic carbocycles. The third-order valence-electron chi connectivity index (χ3n) is 3.91. The molecule has 0 atom stereocenters. The molecule has 1 aromatic heterocycles. The first-order chi connectivity index (χ1) is 12.6. The smallest absolute Gasteiger partial charge is 0.355 e. The summed E-state index contributed by atoms with van der Waals surface area (Å²) in [5, 5.41) is 0.439. The zero-order valence-corrected chi connectivity index (χ0v) is 16.2. The summed E-state index contributed by atoms with van der Waals surface area (Å²) in [5.74, 6) is 1.43. The van der Waals surface area contributed by atoms with Crippen LogP contribution >= 0.6 is 11.6 Å². The summed E-state index contributed by atoms with van der Waals surface area (Å²) in [7, 11) is -4.44. The lowest BCUT2D eigenvalue weighted by molar-refractivity contribution is -0.137. The number of nitrogens with zero attached hydrogens (tertiary/aromatic N) is 3. The summed E-state index contributed by atoms with van der Waals surface area (Å²) >= 11 is 5.77. The fraction of sp³-hybridized carbons (Fsp3) is 0.312. The van der Waals surface area contributed by atoms with Crippen LogP contribution in [0.25, 0.3) is 0 Å². The van der Waals surface area contributed by atoms with Crippen LogP contribution in [-0.2, 0) is 26.9 Å². The van der Waals surface area contributed by atoms with Gasteiger partial charge in [0.2, 0.25) is 0 Å². The number of anilines is 1. The van der Waals surface area contributed by atoms with Gasteiger partial charge in [0.25, 0.3) is 10.0 Å². The van der Waals surface area contributed by atoms with Crippen LogP contribution < -0.4 is 4.90 Å². The van der Waals surface area contributed by atoms with Gasteiger partial charge in [-0.1, -0.05) is 22.3 Å². The van der Waals surface area contributed by atoms with Gasteiger partial charge in [0.15, 0.2) is 0 Å². The fourth-order valence-electron chi connectivity index (χ4n) is 2.48. The molecule has 1 fully saturated rings. The normalized spacial score (nSPS) is 16.4. The van der Waals surface area contributed by atoms with Crippen LogP contribution in [-0.4, -0.2) is 38.0 Å². The maximum atomic E-state index is 12.6. The Balaban J connectivity index is 1.68. The van der Waals surface area contributed by atoms with E-state index in [0.717, 1.165) is 12.3 Å². The monoisotopic (exact) mass is 437 g/mol. The van der Waals surface area contributed by atoms with Crippen molar-refractivity contribution in [3.05, 3.63) is 53.2 Å². The highest BCUT2D eigenvalue weighted by molar-refractivity contribution is 8.00. The van der Waals surface area contributed by atoms with Gasteiger partial charge in [-0.15, -0.1) is 3.77 Å². The second kappa shape index (κ2) is 7.76. The van der Waals surface area contributed by atoms with Gasteiger partial charge in [-0.05, 0) is 36.4 Å². The minimum Gasteiger partial charge on any atom is -0.355 e. The van der Waals surface area contributed by atoms with E-state index in [0.29, 0.717) is 35.4 Å². The Morgan fingerprint density at radius 3 is 2.22 bits per heavy atom. The van der Waals surface area contributed by atoms with E-state index in [4.69, 9.17) is 11.6 Å². The van der Waals surface area contributed by atoms with Crippen molar-refractivity contribution < 1.29 is 21.6 Å². The molecule has 11 heteroatoms. The van der Waals surface area contributed by atoms with Crippen molar-refractivity contribution in [3.63, 3.8) is 0 Å². The maximum absolute atomic E-state index is 12.6. The van der Waals surface area contributed by atoms with Gasteiger partial charge in [0.1, 0.15) is 5.82 Å². The number of rotatable bonds is 3. The molecule has 0 N–H and O–H groups in total. The zero-order chi connectivity index (χ0) is 19.7. The van der Waals surface area contributed by atoms with Crippen LogP contribution in [0.2, 0.25) is 5.02 Å². The van der Waals surface area contributed by atoms with Crippen molar-refractivity contribution >= 4 is 38.1 Å². The lowest BCUT2D eigenvalue weighted by atomic mass is 10.2. The molecule has 1 saturated heterocycles.